The standard InChI is InChI=1S/C16H21NO2S2/c1-11(2)21(18,19)17-15-10-14(15)12-5-7-13(8-6-12)16-4-3-9-20-16/h3,5-9,11,14-17H,4,10H2,1-2H3/t14-,15+,16?/m1/s1. The second-order valence-electron chi connectivity index (χ2n) is 6.06. The van der Waals surface area contributed by atoms with Crippen LogP contribution < -0.4 is 4.72 Å². The summed E-state index contributed by atoms with van der Waals surface area (Å²) in [4.78, 5) is 0. The van der Waals surface area contributed by atoms with Gasteiger partial charge in [0.1, 0.15) is 0 Å². The topological polar surface area (TPSA) is 46.2 Å². The molecular weight excluding hydrogens is 302 g/mol. The van der Waals surface area contributed by atoms with Crippen LogP contribution in [0.25, 0.3) is 0 Å². The maximum atomic E-state index is 11.9. The van der Waals surface area contributed by atoms with E-state index < -0.39 is 10.0 Å². The Bertz CT molecular complexity index is 627. The number of benzene rings is 1. The first-order chi connectivity index (χ1) is 9.97. The van der Waals surface area contributed by atoms with E-state index >= 15 is 0 Å². The highest BCUT2D eigenvalue weighted by Crippen LogP contribution is 2.43. The minimum atomic E-state index is -3.16. The molecule has 5 heteroatoms. The lowest BCUT2D eigenvalue weighted by atomic mass is 10.0. The molecule has 3 rings (SSSR count). The third-order valence-electron chi connectivity index (χ3n) is 4.15. The molecule has 1 aliphatic carbocycles. The lowest BCUT2D eigenvalue weighted by Gasteiger charge is -2.11. The lowest BCUT2D eigenvalue weighted by molar-refractivity contribution is 0.571. The fraction of sp³-hybridized carbons (Fsp3) is 0.500. The summed E-state index contributed by atoms with van der Waals surface area (Å²) in [5.74, 6) is 0.335. The van der Waals surface area contributed by atoms with Gasteiger partial charge in [-0.25, -0.2) is 13.1 Å². The summed E-state index contributed by atoms with van der Waals surface area (Å²) in [7, 11) is -3.16. The Morgan fingerprint density at radius 1 is 1.19 bits per heavy atom. The number of thioether (sulfide) groups is 1. The van der Waals surface area contributed by atoms with Crippen LogP contribution in [-0.4, -0.2) is 19.7 Å². The second-order valence-corrected chi connectivity index (χ2v) is 9.44. The third kappa shape index (κ3) is 3.35. The van der Waals surface area contributed by atoms with Crippen LogP contribution in [0.4, 0.5) is 0 Å². The summed E-state index contributed by atoms with van der Waals surface area (Å²) in [6.07, 6.45) is 4.22. The number of nitrogens with one attached hydrogen (secondary N) is 1. The fourth-order valence-electron chi connectivity index (χ4n) is 2.60. The zero-order valence-electron chi connectivity index (χ0n) is 12.3. The van der Waals surface area contributed by atoms with Gasteiger partial charge in [0.15, 0.2) is 0 Å². The molecule has 1 saturated carbocycles. The SMILES string of the molecule is CC(C)S(=O)(=O)N[C@H]1C[C@@H]1c1ccc(C2CC=CS2)cc1. The van der Waals surface area contributed by atoms with Crippen molar-refractivity contribution in [1.82, 2.24) is 4.72 Å². The first-order valence-corrected chi connectivity index (χ1v) is 9.88. The summed E-state index contributed by atoms with van der Waals surface area (Å²) < 4.78 is 26.5. The molecular formula is C16H21NO2S2. The van der Waals surface area contributed by atoms with Gasteiger partial charge in [0.2, 0.25) is 10.0 Å². The third-order valence-corrected chi connectivity index (χ3v) is 7.17. The molecule has 1 aromatic rings. The Kier molecular flexibility index (Phi) is 4.17. The molecule has 0 aromatic heterocycles. The molecule has 0 radical (unpaired) electrons. The summed E-state index contributed by atoms with van der Waals surface area (Å²) in [6, 6.07) is 8.76. The average Bonchev–Trinajstić information content (AvgIpc) is 2.99. The van der Waals surface area contributed by atoms with Crippen LogP contribution in [-0.2, 0) is 10.0 Å². The summed E-state index contributed by atoms with van der Waals surface area (Å²) in [6.45, 7) is 3.42. The van der Waals surface area contributed by atoms with Crippen molar-refractivity contribution in [3.63, 3.8) is 0 Å². The van der Waals surface area contributed by atoms with Crippen molar-refractivity contribution in [1.29, 1.82) is 0 Å². The Hall–Kier alpha value is -0.780. The van der Waals surface area contributed by atoms with Gasteiger partial charge < -0.3 is 0 Å². The van der Waals surface area contributed by atoms with E-state index in [2.05, 4.69) is 40.5 Å². The molecule has 0 amide bonds. The molecule has 1 heterocycles. The molecule has 1 aromatic carbocycles. The highest BCUT2D eigenvalue weighted by molar-refractivity contribution is 8.02. The fourth-order valence-corrected chi connectivity index (χ4v) is 4.50. The van der Waals surface area contributed by atoms with E-state index in [9.17, 15) is 8.42 Å². The predicted molar refractivity (Wildman–Crippen MR) is 88.9 cm³/mol. The van der Waals surface area contributed by atoms with E-state index in [1.165, 1.54) is 11.1 Å². The van der Waals surface area contributed by atoms with Gasteiger partial charge >= 0.3 is 0 Å². The van der Waals surface area contributed by atoms with Crippen LogP contribution in [0.1, 0.15) is 49.0 Å². The van der Waals surface area contributed by atoms with E-state index in [0.29, 0.717) is 11.2 Å². The minimum Gasteiger partial charge on any atom is -0.212 e. The van der Waals surface area contributed by atoms with Gasteiger partial charge in [-0.3, -0.25) is 0 Å². The van der Waals surface area contributed by atoms with Gasteiger partial charge in [0, 0.05) is 17.2 Å². The van der Waals surface area contributed by atoms with E-state index in [-0.39, 0.29) is 11.3 Å². The lowest BCUT2D eigenvalue weighted by Crippen LogP contribution is -2.33. The normalized spacial score (nSPS) is 28.2. The molecule has 21 heavy (non-hydrogen) atoms. The molecule has 1 N–H and O–H groups in total. The van der Waals surface area contributed by atoms with Crippen molar-refractivity contribution < 1.29 is 8.42 Å². The van der Waals surface area contributed by atoms with Gasteiger partial charge in [0.05, 0.1) is 5.25 Å². The minimum absolute atomic E-state index is 0.0748. The Balaban J connectivity index is 1.62. The van der Waals surface area contributed by atoms with E-state index in [4.69, 9.17) is 0 Å². The molecule has 3 atom stereocenters. The zero-order valence-corrected chi connectivity index (χ0v) is 14.0. The molecule has 1 fully saturated rings. The van der Waals surface area contributed by atoms with Crippen molar-refractivity contribution in [2.45, 2.75) is 49.1 Å². The van der Waals surface area contributed by atoms with Crippen molar-refractivity contribution in [3.05, 3.63) is 46.9 Å². The Morgan fingerprint density at radius 3 is 2.43 bits per heavy atom. The molecule has 114 valence electrons. The molecule has 0 saturated heterocycles. The van der Waals surface area contributed by atoms with Gasteiger partial charge in [-0.05, 0) is 43.2 Å². The number of hydrogen-bond donors (Lipinski definition) is 1. The molecule has 0 spiro atoms. The Morgan fingerprint density at radius 2 is 1.86 bits per heavy atom. The number of hydrogen-bond acceptors (Lipinski definition) is 3. The first kappa shape index (κ1) is 15.1. The monoisotopic (exact) mass is 323 g/mol. The van der Waals surface area contributed by atoms with Crippen molar-refractivity contribution in [3.8, 4) is 0 Å². The Labute approximate surface area is 131 Å². The van der Waals surface area contributed by atoms with Crippen LogP contribution in [0.3, 0.4) is 0 Å². The van der Waals surface area contributed by atoms with Crippen LogP contribution in [0.15, 0.2) is 35.7 Å². The molecule has 1 unspecified atom stereocenters. The second kappa shape index (κ2) is 5.78. The van der Waals surface area contributed by atoms with Crippen molar-refractivity contribution in [2.24, 2.45) is 0 Å². The highest BCUT2D eigenvalue weighted by Gasteiger charge is 2.41. The van der Waals surface area contributed by atoms with Crippen LogP contribution in [0.2, 0.25) is 0 Å². The van der Waals surface area contributed by atoms with Gasteiger partial charge in [-0.1, -0.05) is 30.3 Å². The highest BCUT2D eigenvalue weighted by atomic mass is 32.2. The molecule has 2 aliphatic rings. The number of rotatable bonds is 5. The largest absolute Gasteiger partial charge is 0.214 e. The average molecular weight is 323 g/mol. The quantitative estimate of drug-likeness (QED) is 0.901. The zero-order chi connectivity index (χ0) is 15.0. The van der Waals surface area contributed by atoms with Gasteiger partial charge in [-0.15, -0.1) is 11.8 Å². The maximum Gasteiger partial charge on any atom is 0.214 e. The first-order valence-electron chi connectivity index (χ1n) is 7.39. The van der Waals surface area contributed by atoms with Crippen LogP contribution in [0.5, 0.6) is 0 Å². The molecule has 0 bridgehead atoms. The molecule has 3 nitrogen and oxygen atoms in total. The van der Waals surface area contributed by atoms with Gasteiger partial charge in [-0.2, -0.15) is 0 Å². The summed E-state index contributed by atoms with van der Waals surface area (Å²) >= 11 is 1.86. The van der Waals surface area contributed by atoms with E-state index in [0.717, 1.165) is 12.8 Å². The van der Waals surface area contributed by atoms with Crippen LogP contribution >= 0.6 is 11.8 Å². The van der Waals surface area contributed by atoms with Crippen LogP contribution in [0, 0.1) is 0 Å². The summed E-state index contributed by atoms with van der Waals surface area (Å²) in [5, 5.41) is 2.34. The van der Waals surface area contributed by atoms with Crippen molar-refractivity contribution >= 4 is 21.8 Å². The number of allylic oxidation sites excluding steroid dienone is 1. The summed E-state index contributed by atoms with van der Waals surface area (Å²) in [5.41, 5.74) is 2.60. The van der Waals surface area contributed by atoms with Gasteiger partial charge in [0.25, 0.3) is 0 Å². The van der Waals surface area contributed by atoms with E-state index in [1.807, 2.05) is 11.8 Å². The smallest absolute Gasteiger partial charge is 0.212 e. The maximum absolute atomic E-state index is 11.9. The predicted octanol–water partition coefficient (Wildman–Crippen LogP) is 3.56. The number of sulfonamides is 1. The van der Waals surface area contributed by atoms with E-state index in [1.54, 1.807) is 13.8 Å². The van der Waals surface area contributed by atoms with Crippen molar-refractivity contribution in [2.75, 3.05) is 0 Å². The molecule has 1 aliphatic heterocycles.